The number of hydrogen-bond donors (Lipinski definition) is 3. The molecule has 1 heterocycles. The van der Waals surface area contributed by atoms with Gasteiger partial charge in [-0.3, -0.25) is 0 Å². The Morgan fingerprint density at radius 1 is 1.37 bits per heavy atom. The van der Waals surface area contributed by atoms with Crippen molar-refractivity contribution in [1.29, 1.82) is 0 Å². The first kappa shape index (κ1) is 16.2. The van der Waals surface area contributed by atoms with Gasteiger partial charge in [0.05, 0.1) is 0 Å². The van der Waals surface area contributed by atoms with Crippen LogP contribution in [0, 0.1) is 0 Å². The largest absolute Gasteiger partial charge is 0.444 e. The summed E-state index contributed by atoms with van der Waals surface area (Å²) >= 11 is 0. The van der Waals surface area contributed by atoms with Crippen molar-refractivity contribution >= 4 is 6.09 Å². The first-order chi connectivity index (χ1) is 8.90. The van der Waals surface area contributed by atoms with E-state index in [2.05, 4.69) is 22.9 Å². The number of rotatable bonds is 5. The summed E-state index contributed by atoms with van der Waals surface area (Å²) in [5.74, 6) is 0. The zero-order valence-corrected chi connectivity index (χ0v) is 12.7. The molecule has 0 aromatic carbocycles. The molecule has 0 aliphatic carbocycles. The monoisotopic (exact) mass is 271 g/mol. The molecule has 1 fully saturated rings. The Hall–Kier alpha value is -0.810. The summed E-state index contributed by atoms with van der Waals surface area (Å²) in [5.41, 5.74) is -0.436. The molecule has 0 aromatic heterocycles. The number of carbonyl (C=O) groups excluding carboxylic acids is 1. The predicted molar refractivity (Wildman–Crippen MR) is 77.3 cm³/mol. The van der Waals surface area contributed by atoms with E-state index in [1.165, 1.54) is 0 Å². The molecule has 0 saturated carbocycles. The Bertz CT molecular complexity index is 270. The van der Waals surface area contributed by atoms with Gasteiger partial charge in [0.1, 0.15) is 5.60 Å². The molecule has 0 bridgehead atoms. The minimum atomic E-state index is -0.436. The third kappa shape index (κ3) is 7.38. The van der Waals surface area contributed by atoms with Crippen LogP contribution in [-0.4, -0.2) is 43.4 Å². The molecule has 19 heavy (non-hydrogen) atoms. The lowest BCUT2D eigenvalue weighted by molar-refractivity contribution is 0.0521. The molecule has 0 aromatic rings. The second kappa shape index (κ2) is 7.70. The molecule has 0 radical (unpaired) electrons. The first-order valence-electron chi connectivity index (χ1n) is 7.34. The number of alkyl carbamates (subject to hydrolysis) is 1. The van der Waals surface area contributed by atoms with Crippen molar-refractivity contribution in [2.24, 2.45) is 0 Å². The summed E-state index contributed by atoms with van der Waals surface area (Å²) in [6.07, 6.45) is 2.98. The van der Waals surface area contributed by atoms with Gasteiger partial charge < -0.3 is 20.7 Å². The van der Waals surface area contributed by atoms with Crippen molar-refractivity contribution in [3.05, 3.63) is 0 Å². The van der Waals surface area contributed by atoms with Gasteiger partial charge in [0.2, 0.25) is 0 Å². The summed E-state index contributed by atoms with van der Waals surface area (Å²) in [7, 11) is 0. The number of nitrogens with one attached hydrogen (secondary N) is 3. The van der Waals surface area contributed by atoms with E-state index in [1.54, 1.807) is 0 Å². The fourth-order valence-corrected chi connectivity index (χ4v) is 2.16. The van der Waals surface area contributed by atoms with Gasteiger partial charge in [-0.1, -0.05) is 6.92 Å². The standard InChI is InChI=1S/C14H29N3O2/c1-5-11(17-12-6-8-15-9-7-12)10-16-13(18)19-14(2,3)4/h11-12,15,17H,5-10H2,1-4H3,(H,16,18). The maximum absolute atomic E-state index is 11.6. The second-order valence-corrected chi connectivity index (χ2v) is 6.18. The van der Waals surface area contributed by atoms with Crippen LogP contribution in [-0.2, 0) is 4.74 Å². The molecule has 1 unspecified atom stereocenters. The molecule has 1 saturated heterocycles. The Labute approximate surface area is 116 Å². The quantitative estimate of drug-likeness (QED) is 0.711. The van der Waals surface area contributed by atoms with E-state index >= 15 is 0 Å². The number of piperidine rings is 1. The highest BCUT2D eigenvalue weighted by atomic mass is 16.6. The predicted octanol–water partition coefficient (Wildman–Crippen LogP) is 1.63. The van der Waals surface area contributed by atoms with Gasteiger partial charge in [0.25, 0.3) is 0 Å². The number of amides is 1. The van der Waals surface area contributed by atoms with E-state index in [9.17, 15) is 4.79 Å². The van der Waals surface area contributed by atoms with Gasteiger partial charge in [0.15, 0.2) is 0 Å². The molecule has 112 valence electrons. The van der Waals surface area contributed by atoms with Crippen LogP contribution in [0.5, 0.6) is 0 Å². The van der Waals surface area contributed by atoms with Crippen molar-refractivity contribution in [3.63, 3.8) is 0 Å². The molecule has 1 rings (SSSR count). The van der Waals surface area contributed by atoms with Crippen LogP contribution in [0.15, 0.2) is 0 Å². The highest BCUT2D eigenvalue weighted by molar-refractivity contribution is 5.67. The van der Waals surface area contributed by atoms with Gasteiger partial charge in [0, 0.05) is 18.6 Å². The van der Waals surface area contributed by atoms with Crippen LogP contribution in [0.3, 0.4) is 0 Å². The molecule has 0 spiro atoms. The minimum Gasteiger partial charge on any atom is -0.444 e. The first-order valence-corrected chi connectivity index (χ1v) is 7.34. The summed E-state index contributed by atoms with van der Waals surface area (Å²) in [4.78, 5) is 11.6. The van der Waals surface area contributed by atoms with Gasteiger partial charge in [-0.15, -0.1) is 0 Å². The second-order valence-electron chi connectivity index (χ2n) is 6.18. The van der Waals surface area contributed by atoms with E-state index in [4.69, 9.17) is 4.74 Å². The molecule has 1 atom stereocenters. The van der Waals surface area contributed by atoms with Crippen LogP contribution < -0.4 is 16.0 Å². The smallest absolute Gasteiger partial charge is 0.407 e. The van der Waals surface area contributed by atoms with Gasteiger partial charge >= 0.3 is 6.09 Å². The summed E-state index contributed by atoms with van der Waals surface area (Å²) in [6.45, 7) is 10.5. The lowest BCUT2D eigenvalue weighted by Crippen LogP contribution is -2.49. The summed E-state index contributed by atoms with van der Waals surface area (Å²) < 4.78 is 5.23. The SMILES string of the molecule is CCC(CNC(=O)OC(C)(C)C)NC1CCNCC1. The lowest BCUT2D eigenvalue weighted by atomic mass is 10.0. The molecular weight excluding hydrogens is 242 g/mol. The lowest BCUT2D eigenvalue weighted by Gasteiger charge is -2.29. The van der Waals surface area contributed by atoms with Gasteiger partial charge in [-0.25, -0.2) is 4.79 Å². The van der Waals surface area contributed by atoms with E-state index in [0.29, 0.717) is 18.6 Å². The van der Waals surface area contributed by atoms with Crippen LogP contribution in [0.4, 0.5) is 4.79 Å². The topological polar surface area (TPSA) is 62.4 Å². The maximum atomic E-state index is 11.6. The highest BCUT2D eigenvalue weighted by Crippen LogP contribution is 2.07. The highest BCUT2D eigenvalue weighted by Gasteiger charge is 2.19. The van der Waals surface area contributed by atoms with Crippen molar-refractivity contribution in [2.75, 3.05) is 19.6 Å². The van der Waals surface area contributed by atoms with Gasteiger partial charge in [-0.05, 0) is 53.1 Å². The third-order valence-corrected chi connectivity index (χ3v) is 3.20. The van der Waals surface area contributed by atoms with Crippen LogP contribution in [0.25, 0.3) is 0 Å². The number of ether oxygens (including phenoxy) is 1. The van der Waals surface area contributed by atoms with Crippen molar-refractivity contribution in [2.45, 2.75) is 64.6 Å². The Morgan fingerprint density at radius 3 is 2.53 bits per heavy atom. The maximum Gasteiger partial charge on any atom is 0.407 e. The molecular formula is C14H29N3O2. The van der Waals surface area contributed by atoms with Crippen molar-refractivity contribution in [3.8, 4) is 0 Å². The van der Waals surface area contributed by atoms with E-state index in [-0.39, 0.29) is 6.09 Å². The van der Waals surface area contributed by atoms with Gasteiger partial charge in [-0.2, -0.15) is 0 Å². The fraction of sp³-hybridized carbons (Fsp3) is 0.929. The molecule has 5 heteroatoms. The molecule has 1 aliphatic heterocycles. The average Bonchev–Trinajstić information content (AvgIpc) is 2.33. The minimum absolute atomic E-state index is 0.315. The Morgan fingerprint density at radius 2 is 2.00 bits per heavy atom. The van der Waals surface area contributed by atoms with E-state index in [1.807, 2.05) is 20.8 Å². The fourth-order valence-electron chi connectivity index (χ4n) is 2.16. The average molecular weight is 271 g/mol. The van der Waals surface area contributed by atoms with Crippen molar-refractivity contribution < 1.29 is 9.53 Å². The van der Waals surface area contributed by atoms with Crippen LogP contribution in [0.1, 0.15) is 47.0 Å². The summed E-state index contributed by atoms with van der Waals surface area (Å²) in [5, 5.41) is 9.81. The van der Waals surface area contributed by atoms with E-state index < -0.39 is 5.60 Å². The number of carbonyl (C=O) groups is 1. The van der Waals surface area contributed by atoms with E-state index in [0.717, 1.165) is 32.4 Å². The normalized spacial score (nSPS) is 18.9. The zero-order valence-electron chi connectivity index (χ0n) is 12.7. The van der Waals surface area contributed by atoms with Crippen LogP contribution >= 0.6 is 0 Å². The Balaban J connectivity index is 2.25. The molecule has 5 nitrogen and oxygen atoms in total. The Kier molecular flexibility index (Phi) is 6.58. The number of hydrogen-bond acceptors (Lipinski definition) is 4. The van der Waals surface area contributed by atoms with Crippen molar-refractivity contribution in [1.82, 2.24) is 16.0 Å². The van der Waals surface area contributed by atoms with Crippen LogP contribution in [0.2, 0.25) is 0 Å². The molecule has 1 amide bonds. The zero-order chi connectivity index (χ0) is 14.3. The third-order valence-electron chi connectivity index (χ3n) is 3.20. The summed E-state index contributed by atoms with van der Waals surface area (Å²) in [6, 6.07) is 0.877. The molecule has 1 aliphatic rings. The molecule has 3 N–H and O–H groups in total.